The third-order valence-corrected chi connectivity index (χ3v) is 4.06. The SMILES string of the molecule is O=[N+]([O-])c1ccc(-c2cn3c(n2)sc2ccccc23)o1. The number of benzene rings is 1. The summed E-state index contributed by atoms with van der Waals surface area (Å²) in [7, 11) is 0. The third kappa shape index (κ3) is 1.53. The molecule has 98 valence electrons. The molecule has 3 heterocycles. The topological polar surface area (TPSA) is 73.6 Å². The first-order chi connectivity index (χ1) is 9.72. The van der Waals surface area contributed by atoms with Gasteiger partial charge in [0.25, 0.3) is 0 Å². The fourth-order valence-electron chi connectivity index (χ4n) is 2.13. The van der Waals surface area contributed by atoms with E-state index in [1.165, 1.54) is 6.07 Å². The van der Waals surface area contributed by atoms with E-state index in [1.54, 1.807) is 17.4 Å². The summed E-state index contributed by atoms with van der Waals surface area (Å²) in [5.41, 5.74) is 1.66. The maximum atomic E-state index is 10.6. The number of para-hydroxylation sites is 1. The van der Waals surface area contributed by atoms with Crippen molar-refractivity contribution in [3.8, 4) is 11.5 Å². The molecular weight excluding hydrogens is 278 g/mol. The summed E-state index contributed by atoms with van der Waals surface area (Å²) in [6, 6.07) is 10.9. The van der Waals surface area contributed by atoms with E-state index in [1.807, 2.05) is 34.9 Å². The molecule has 0 spiro atoms. The number of aromatic nitrogens is 2. The second-order valence-corrected chi connectivity index (χ2v) is 5.25. The zero-order valence-corrected chi connectivity index (χ0v) is 10.8. The lowest BCUT2D eigenvalue weighted by atomic mass is 10.3. The van der Waals surface area contributed by atoms with Gasteiger partial charge in [-0.15, -0.1) is 0 Å². The zero-order valence-electron chi connectivity index (χ0n) is 10.0. The zero-order chi connectivity index (χ0) is 13.7. The van der Waals surface area contributed by atoms with Crippen LogP contribution >= 0.6 is 11.3 Å². The molecule has 0 unspecified atom stereocenters. The normalized spacial score (nSPS) is 11.4. The summed E-state index contributed by atoms with van der Waals surface area (Å²) in [6.07, 6.45) is 1.83. The number of nitro groups is 1. The Morgan fingerprint density at radius 2 is 2.10 bits per heavy atom. The van der Waals surface area contributed by atoms with Gasteiger partial charge in [-0.05, 0) is 18.2 Å². The second-order valence-electron chi connectivity index (χ2n) is 4.24. The number of rotatable bonds is 2. The summed E-state index contributed by atoms with van der Waals surface area (Å²) in [5, 5.41) is 10.6. The molecule has 7 heteroatoms. The van der Waals surface area contributed by atoms with Gasteiger partial charge in [0.05, 0.1) is 16.3 Å². The number of furan rings is 1. The number of hydrogen-bond donors (Lipinski definition) is 0. The van der Waals surface area contributed by atoms with Crippen LogP contribution in [0.3, 0.4) is 0 Å². The van der Waals surface area contributed by atoms with Crippen molar-refractivity contribution in [3.05, 3.63) is 52.7 Å². The smallest absolute Gasteiger partial charge is 0.399 e. The van der Waals surface area contributed by atoms with Crippen molar-refractivity contribution >= 4 is 32.4 Å². The van der Waals surface area contributed by atoms with Gasteiger partial charge in [0, 0.05) is 6.20 Å². The lowest BCUT2D eigenvalue weighted by molar-refractivity contribution is -0.401. The van der Waals surface area contributed by atoms with Crippen molar-refractivity contribution in [2.45, 2.75) is 0 Å². The molecule has 0 aliphatic rings. The molecule has 20 heavy (non-hydrogen) atoms. The van der Waals surface area contributed by atoms with Gasteiger partial charge in [0.15, 0.2) is 10.7 Å². The molecule has 0 aliphatic heterocycles. The lowest BCUT2D eigenvalue weighted by Gasteiger charge is -1.89. The molecule has 0 fully saturated rings. The monoisotopic (exact) mass is 285 g/mol. The minimum Gasteiger partial charge on any atom is -0.399 e. The van der Waals surface area contributed by atoms with Crippen LogP contribution in [0.5, 0.6) is 0 Å². The first-order valence-corrected chi connectivity index (χ1v) is 6.65. The van der Waals surface area contributed by atoms with E-state index in [0.717, 1.165) is 15.2 Å². The molecule has 1 aromatic carbocycles. The maximum absolute atomic E-state index is 10.6. The standard InChI is InChI=1S/C13H7N3O3S/c17-16(18)12-6-5-10(19-12)8-7-15-9-3-1-2-4-11(9)20-13(15)14-8/h1-7H. The van der Waals surface area contributed by atoms with Crippen LogP contribution in [0.25, 0.3) is 26.6 Å². The van der Waals surface area contributed by atoms with Gasteiger partial charge in [0.1, 0.15) is 10.6 Å². The fraction of sp³-hybridized carbons (Fsp3) is 0. The molecule has 0 bridgehead atoms. The van der Waals surface area contributed by atoms with Gasteiger partial charge in [0.2, 0.25) is 0 Å². The van der Waals surface area contributed by atoms with E-state index in [9.17, 15) is 10.1 Å². The summed E-state index contributed by atoms with van der Waals surface area (Å²) < 4.78 is 8.28. The van der Waals surface area contributed by atoms with Crippen molar-refractivity contribution < 1.29 is 9.34 Å². The quantitative estimate of drug-likeness (QED) is 0.415. The van der Waals surface area contributed by atoms with Crippen LogP contribution in [-0.2, 0) is 0 Å². The van der Waals surface area contributed by atoms with Gasteiger partial charge in [-0.2, -0.15) is 0 Å². The minimum atomic E-state index is -0.558. The Morgan fingerprint density at radius 1 is 1.25 bits per heavy atom. The van der Waals surface area contributed by atoms with E-state index in [4.69, 9.17) is 4.42 Å². The van der Waals surface area contributed by atoms with Crippen LogP contribution in [0, 0.1) is 10.1 Å². The summed E-state index contributed by atoms with van der Waals surface area (Å²) >= 11 is 1.57. The Labute approximate surface area is 116 Å². The highest BCUT2D eigenvalue weighted by Gasteiger charge is 2.16. The molecule has 6 nitrogen and oxygen atoms in total. The van der Waals surface area contributed by atoms with E-state index in [0.29, 0.717) is 11.5 Å². The summed E-state index contributed by atoms with van der Waals surface area (Å²) in [5.74, 6) is 0.123. The van der Waals surface area contributed by atoms with E-state index >= 15 is 0 Å². The average Bonchev–Trinajstić information content (AvgIpc) is 3.11. The minimum absolute atomic E-state index is 0.277. The van der Waals surface area contributed by atoms with Gasteiger partial charge in [-0.25, -0.2) is 4.98 Å². The Balaban J connectivity index is 1.89. The summed E-state index contributed by atoms with van der Waals surface area (Å²) in [4.78, 5) is 15.4. The number of fused-ring (bicyclic) bond motifs is 3. The number of thiazole rings is 1. The molecule has 0 radical (unpaired) electrons. The largest absolute Gasteiger partial charge is 0.433 e. The van der Waals surface area contributed by atoms with Crippen LogP contribution in [0.4, 0.5) is 5.88 Å². The molecule has 3 aromatic heterocycles. The van der Waals surface area contributed by atoms with Crippen LogP contribution in [-0.4, -0.2) is 14.3 Å². The molecular formula is C13H7N3O3S. The fourth-order valence-corrected chi connectivity index (χ4v) is 3.14. The highest BCUT2D eigenvalue weighted by atomic mass is 32.1. The molecule has 4 rings (SSSR count). The van der Waals surface area contributed by atoms with Crippen LogP contribution in [0.15, 0.2) is 47.0 Å². The Kier molecular flexibility index (Phi) is 2.19. The molecule has 0 aliphatic carbocycles. The first kappa shape index (κ1) is 11.2. The first-order valence-electron chi connectivity index (χ1n) is 5.83. The van der Waals surface area contributed by atoms with Gasteiger partial charge >= 0.3 is 5.88 Å². The van der Waals surface area contributed by atoms with Crippen LogP contribution < -0.4 is 0 Å². The Morgan fingerprint density at radius 3 is 2.90 bits per heavy atom. The molecule has 4 aromatic rings. The van der Waals surface area contributed by atoms with E-state index in [-0.39, 0.29) is 5.88 Å². The highest BCUT2D eigenvalue weighted by Crippen LogP contribution is 2.31. The predicted molar refractivity (Wildman–Crippen MR) is 74.9 cm³/mol. The molecule has 0 saturated carbocycles. The van der Waals surface area contributed by atoms with Crippen molar-refractivity contribution in [3.63, 3.8) is 0 Å². The van der Waals surface area contributed by atoms with Crippen molar-refractivity contribution in [1.82, 2.24) is 9.38 Å². The van der Waals surface area contributed by atoms with Crippen molar-refractivity contribution in [2.24, 2.45) is 0 Å². The predicted octanol–water partition coefficient (Wildman–Crippen LogP) is 3.72. The number of nitrogens with zero attached hydrogens (tertiary/aromatic N) is 3. The van der Waals surface area contributed by atoms with E-state index in [2.05, 4.69) is 4.98 Å². The van der Waals surface area contributed by atoms with Gasteiger partial charge < -0.3 is 4.42 Å². The maximum Gasteiger partial charge on any atom is 0.433 e. The number of hydrogen-bond acceptors (Lipinski definition) is 5. The lowest BCUT2D eigenvalue weighted by Crippen LogP contribution is -1.82. The van der Waals surface area contributed by atoms with Crippen LogP contribution in [0.1, 0.15) is 0 Å². The third-order valence-electron chi connectivity index (χ3n) is 3.02. The van der Waals surface area contributed by atoms with Crippen LogP contribution in [0.2, 0.25) is 0 Å². The molecule has 0 atom stereocenters. The molecule has 0 N–H and O–H groups in total. The van der Waals surface area contributed by atoms with Gasteiger partial charge in [-0.3, -0.25) is 14.5 Å². The Bertz CT molecular complexity index is 950. The van der Waals surface area contributed by atoms with Crippen molar-refractivity contribution in [1.29, 1.82) is 0 Å². The molecule has 0 amide bonds. The van der Waals surface area contributed by atoms with Crippen molar-refractivity contribution in [2.75, 3.05) is 0 Å². The summed E-state index contributed by atoms with van der Waals surface area (Å²) in [6.45, 7) is 0. The Hall–Kier alpha value is -2.67. The molecule has 0 saturated heterocycles. The number of imidazole rings is 1. The van der Waals surface area contributed by atoms with E-state index < -0.39 is 4.92 Å². The highest BCUT2D eigenvalue weighted by molar-refractivity contribution is 7.23. The second kappa shape index (κ2) is 3.91. The average molecular weight is 285 g/mol. The van der Waals surface area contributed by atoms with Gasteiger partial charge in [-0.1, -0.05) is 23.5 Å².